The summed E-state index contributed by atoms with van der Waals surface area (Å²) in [6.07, 6.45) is 5.53. The molecule has 1 N–H and O–H groups in total. The van der Waals surface area contributed by atoms with Crippen LogP contribution in [0, 0.1) is 16.7 Å². The van der Waals surface area contributed by atoms with Gasteiger partial charge in [-0.15, -0.1) is 0 Å². The maximum atomic E-state index is 8.97. The lowest BCUT2D eigenvalue weighted by molar-refractivity contribution is 0.215. The SMILES string of the molecule is CC(C)(C#N)CCN(CCCCO)C1CC1. The first-order valence-electron chi connectivity index (χ1n) is 6.35. The van der Waals surface area contributed by atoms with Crippen LogP contribution in [0.2, 0.25) is 0 Å². The second kappa shape index (κ2) is 6.22. The van der Waals surface area contributed by atoms with Gasteiger partial charge in [-0.3, -0.25) is 0 Å². The molecule has 0 amide bonds. The first kappa shape index (κ1) is 13.5. The van der Waals surface area contributed by atoms with Crippen LogP contribution in [-0.4, -0.2) is 35.7 Å². The van der Waals surface area contributed by atoms with E-state index >= 15 is 0 Å². The van der Waals surface area contributed by atoms with E-state index in [1.807, 2.05) is 13.8 Å². The van der Waals surface area contributed by atoms with E-state index in [9.17, 15) is 0 Å². The molecule has 0 atom stereocenters. The molecular formula is C13H24N2O. The highest BCUT2D eigenvalue weighted by atomic mass is 16.2. The van der Waals surface area contributed by atoms with Crippen molar-refractivity contribution in [3.05, 3.63) is 0 Å². The Balaban J connectivity index is 2.26. The van der Waals surface area contributed by atoms with Gasteiger partial charge in [0.15, 0.2) is 0 Å². The van der Waals surface area contributed by atoms with Gasteiger partial charge in [0.05, 0.1) is 11.5 Å². The standard InChI is InChI=1S/C13H24N2O/c1-13(2,11-14)7-9-15(12-5-6-12)8-3-4-10-16/h12,16H,3-10H2,1-2H3. The summed E-state index contributed by atoms with van der Waals surface area (Å²) in [5, 5.41) is 17.7. The average Bonchev–Trinajstić information content (AvgIpc) is 3.07. The zero-order valence-corrected chi connectivity index (χ0v) is 10.6. The van der Waals surface area contributed by atoms with Crippen molar-refractivity contribution >= 4 is 0 Å². The van der Waals surface area contributed by atoms with Crippen LogP contribution in [0.5, 0.6) is 0 Å². The highest BCUT2D eigenvalue weighted by Gasteiger charge is 2.29. The van der Waals surface area contributed by atoms with Gasteiger partial charge in [0.1, 0.15) is 0 Å². The Morgan fingerprint density at radius 3 is 2.50 bits per heavy atom. The van der Waals surface area contributed by atoms with Gasteiger partial charge in [-0.25, -0.2) is 0 Å². The molecule has 0 heterocycles. The smallest absolute Gasteiger partial charge is 0.0684 e. The number of nitriles is 1. The Morgan fingerprint density at radius 2 is 2.00 bits per heavy atom. The highest BCUT2D eigenvalue weighted by Crippen LogP contribution is 2.29. The number of rotatable bonds is 8. The molecule has 0 bridgehead atoms. The molecule has 3 heteroatoms. The first-order valence-corrected chi connectivity index (χ1v) is 6.35. The number of unbranched alkanes of at least 4 members (excludes halogenated alkanes) is 1. The Kier molecular flexibility index (Phi) is 5.24. The van der Waals surface area contributed by atoms with Gasteiger partial charge in [-0.1, -0.05) is 0 Å². The molecule has 1 aliphatic carbocycles. The third kappa shape index (κ3) is 4.96. The molecule has 0 spiro atoms. The first-order chi connectivity index (χ1) is 7.59. The van der Waals surface area contributed by atoms with E-state index in [4.69, 9.17) is 10.4 Å². The van der Waals surface area contributed by atoms with Gasteiger partial charge < -0.3 is 10.0 Å². The second-order valence-electron chi connectivity index (χ2n) is 5.44. The number of nitrogens with zero attached hydrogens (tertiary/aromatic N) is 2. The number of hydrogen-bond acceptors (Lipinski definition) is 3. The molecule has 0 aromatic heterocycles. The Labute approximate surface area is 99.1 Å². The molecule has 92 valence electrons. The molecule has 1 saturated carbocycles. The van der Waals surface area contributed by atoms with Gasteiger partial charge in [0.25, 0.3) is 0 Å². The van der Waals surface area contributed by atoms with Crippen LogP contribution in [0.3, 0.4) is 0 Å². The van der Waals surface area contributed by atoms with Crippen LogP contribution >= 0.6 is 0 Å². The van der Waals surface area contributed by atoms with Crippen molar-refractivity contribution in [1.29, 1.82) is 5.26 Å². The van der Waals surface area contributed by atoms with E-state index in [0.717, 1.165) is 38.4 Å². The topological polar surface area (TPSA) is 47.3 Å². The zero-order valence-electron chi connectivity index (χ0n) is 10.6. The van der Waals surface area contributed by atoms with E-state index < -0.39 is 0 Å². The summed E-state index contributed by atoms with van der Waals surface area (Å²) in [5.41, 5.74) is -0.204. The lowest BCUT2D eigenvalue weighted by Crippen LogP contribution is -2.31. The second-order valence-corrected chi connectivity index (χ2v) is 5.44. The molecule has 0 aliphatic heterocycles. The number of aliphatic hydroxyl groups excluding tert-OH is 1. The van der Waals surface area contributed by atoms with Crippen molar-refractivity contribution < 1.29 is 5.11 Å². The molecule has 0 saturated heterocycles. The zero-order chi connectivity index (χ0) is 12.0. The third-order valence-electron chi connectivity index (χ3n) is 3.24. The van der Waals surface area contributed by atoms with Crippen LogP contribution < -0.4 is 0 Å². The Bertz CT molecular complexity index is 241. The average molecular weight is 224 g/mol. The predicted octanol–water partition coefficient (Wildman–Crippen LogP) is 2.16. The number of hydrogen-bond donors (Lipinski definition) is 1. The lowest BCUT2D eigenvalue weighted by Gasteiger charge is -2.25. The fourth-order valence-electron chi connectivity index (χ4n) is 1.82. The van der Waals surface area contributed by atoms with E-state index in [1.165, 1.54) is 12.8 Å². The Hall–Kier alpha value is -0.590. The molecule has 1 aliphatic rings. The van der Waals surface area contributed by atoms with Crippen molar-refractivity contribution in [2.24, 2.45) is 5.41 Å². The van der Waals surface area contributed by atoms with Gasteiger partial charge in [-0.05, 0) is 59.0 Å². The summed E-state index contributed by atoms with van der Waals surface area (Å²) in [5.74, 6) is 0. The molecule has 1 rings (SSSR count). The van der Waals surface area contributed by atoms with Crippen LogP contribution in [-0.2, 0) is 0 Å². The van der Waals surface area contributed by atoms with E-state index in [-0.39, 0.29) is 5.41 Å². The van der Waals surface area contributed by atoms with Gasteiger partial charge in [0.2, 0.25) is 0 Å². The van der Waals surface area contributed by atoms with Gasteiger partial charge in [-0.2, -0.15) is 5.26 Å². The van der Waals surface area contributed by atoms with Crippen LogP contribution in [0.4, 0.5) is 0 Å². The molecule has 0 aromatic carbocycles. The molecule has 0 aromatic rings. The summed E-state index contributed by atoms with van der Waals surface area (Å²) in [4.78, 5) is 2.49. The summed E-state index contributed by atoms with van der Waals surface area (Å²) < 4.78 is 0. The normalized spacial score (nSPS) is 16.4. The van der Waals surface area contributed by atoms with Crippen molar-refractivity contribution in [3.8, 4) is 6.07 Å². The molecule has 1 fully saturated rings. The van der Waals surface area contributed by atoms with Crippen molar-refractivity contribution in [1.82, 2.24) is 4.90 Å². The fourth-order valence-corrected chi connectivity index (χ4v) is 1.82. The van der Waals surface area contributed by atoms with E-state index in [2.05, 4.69) is 11.0 Å². The van der Waals surface area contributed by atoms with Crippen LogP contribution in [0.1, 0.15) is 46.0 Å². The van der Waals surface area contributed by atoms with Crippen molar-refractivity contribution in [2.45, 2.75) is 52.0 Å². The van der Waals surface area contributed by atoms with Gasteiger partial charge >= 0.3 is 0 Å². The maximum Gasteiger partial charge on any atom is 0.0684 e. The van der Waals surface area contributed by atoms with Crippen LogP contribution in [0.25, 0.3) is 0 Å². The largest absolute Gasteiger partial charge is 0.396 e. The molecule has 16 heavy (non-hydrogen) atoms. The summed E-state index contributed by atoms with van der Waals surface area (Å²) in [6, 6.07) is 3.11. The summed E-state index contributed by atoms with van der Waals surface area (Å²) in [7, 11) is 0. The molecule has 0 unspecified atom stereocenters. The predicted molar refractivity (Wildman–Crippen MR) is 64.9 cm³/mol. The van der Waals surface area contributed by atoms with Crippen molar-refractivity contribution in [2.75, 3.05) is 19.7 Å². The van der Waals surface area contributed by atoms with Gasteiger partial charge in [0, 0.05) is 12.6 Å². The third-order valence-corrected chi connectivity index (χ3v) is 3.24. The molecule has 0 radical (unpaired) electrons. The quantitative estimate of drug-likeness (QED) is 0.643. The monoisotopic (exact) mass is 224 g/mol. The maximum absolute atomic E-state index is 8.97. The van der Waals surface area contributed by atoms with Crippen molar-refractivity contribution in [3.63, 3.8) is 0 Å². The fraction of sp³-hybridized carbons (Fsp3) is 0.923. The highest BCUT2D eigenvalue weighted by molar-refractivity contribution is 4.93. The minimum Gasteiger partial charge on any atom is -0.396 e. The minimum atomic E-state index is -0.204. The molecular weight excluding hydrogens is 200 g/mol. The number of aliphatic hydroxyl groups is 1. The summed E-state index contributed by atoms with van der Waals surface area (Å²) >= 11 is 0. The molecule has 3 nitrogen and oxygen atoms in total. The minimum absolute atomic E-state index is 0.204. The van der Waals surface area contributed by atoms with E-state index in [1.54, 1.807) is 0 Å². The van der Waals surface area contributed by atoms with Crippen LogP contribution in [0.15, 0.2) is 0 Å². The van der Waals surface area contributed by atoms with E-state index in [0.29, 0.717) is 6.61 Å². The lowest BCUT2D eigenvalue weighted by atomic mass is 9.91. The Morgan fingerprint density at radius 1 is 1.31 bits per heavy atom. The summed E-state index contributed by atoms with van der Waals surface area (Å²) in [6.45, 7) is 6.41.